The minimum atomic E-state index is -0.250. The van der Waals surface area contributed by atoms with Crippen LogP contribution >= 0.6 is 23.2 Å². The zero-order valence-corrected chi connectivity index (χ0v) is 18.2. The normalized spacial score (nSPS) is 10.4. The predicted molar refractivity (Wildman–Crippen MR) is 121 cm³/mol. The summed E-state index contributed by atoms with van der Waals surface area (Å²) in [6, 6.07) is 20.0. The molecule has 1 N–H and O–H groups in total. The molecule has 156 valence electrons. The first-order valence-electron chi connectivity index (χ1n) is 9.25. The second-order valence-corrected chi connectivity index (χ2v) is 7.43. The molecule has 7 heteroatoms. The number of anilines is 1. The Morgan fingerprint density at radius 1 is 0.800 bits per heavy atom. The van der Waals surface area contributed by atoms with Crippen molar-refractivity contribution in [3.8, 4) is 11.5 Å². The Morgan fingerprint density at radius 2 is 1.30 bits per heavy atom. The standard InChI is InChI=1S/C23H22Cl2N2O3/c1-29-19-8-3-16(4-9-19)14-27(15-17-5-10-20(30-2)11-6-17)23(28)26-18-7-12-21(24)22(25)13-18/h3-13H,14-15H2,1-2H3,(H,26,28). The molecular weight excluding hydrogens is 423 g/mol. The molecule has 0 spiro atoms. The molecule has 3 rings (SSSR count). The quantitative estimate of drug-likeness (QED) is 0.468. The summed E-state index contributed by atoms with van der Waals surface area (Å²) in [6.45, 7) is 0.840. The van der Waals surface area contributed by atoms with Crippen molar-refractivity contribution in [3.05, 3.63) is 87.9 Å². The maximum Gasteiger partial charge on any atom is 0.322 e. The Labute approximate surface area is 186 Å². The Kier molecular flexibility index (Phi) is 7.44. The largest absolute Gasteiger partial charge is 0.497 e. The minimum Gasteiger partial charge on any atom is -0.497 e. The second-order valence-electron chi connectivity index (χ2n) is 6.61. The van der Waals surface area contributed by atoms with Crippen LogP contribution in [0.4, 0.5) is 10.5 Å². The van der Waals surface area contributed by atoms with E-state index in [-0.39, 0.29) is 6.03 Å². The number of rotatable bonds is 7. The number of carbonyl (C=O) groups excluding carboxylic acids is 1. The number of urea groups is 1. The second kappa shape index (κ2) is 10.2. The van der Waals surface area contributed by atoms with E-state index in [0.717, 1.165) is 22.6 Å². The third kappa shape index (κ3) is 5.81. The van der Waals surface area contributed by atoms with Crippen LogP contribution in [0.2, 0.25) is 10.0 Å². The maximum atomic E-state index is 13.1. The Hall–Kier alpha value is -2.89. The van der Waals surface area contributed by atoms with E-state index >= 15 is 0 Å². The average Bonchev–Trinajstić information content (AvgIpc) is 2.77. The van der Waals surface area contributed by atoms with Crippen molar-refractivity contribution in [2.75, 3.05) is 19.5 Å². The molecule has 3 aromatic carbocycles. The van der Waals surface area contributed by atoms with E-state index in [0.29, 0.717) is 28.8 Å². The fourth-order valence-electron chi connectivity index (χ4n) is 2.88. The Balaban J connectivity index is 1.80. The van der Waals surface area contributed by atoms with Gasteiger partial charge >= 0.3 is 6.03 Å². The van der Waals surface area contributed by atoms with Crippen LogP contribution in [0, 0.1) is 0 Å². The number of halogens is 2. The van der Waals surface area contributed by atoms with Gasteiger partial charge in [0.05, 0.1) is 24.3 Å². The van der Waals surface area contributed by atoms with E-state index in [1.54, 1.807) is 37.3 Å². The van der Waals surface area contributed by atoms with Crippen LogP contribution in [0.5, 0.6) is 11.5 Å². The fourth-order valence-corrected chi connectivity index (χ4v) is 3.18. The summed E-state index contributed by atoms with van der Waals surface area (Å²) in [7, 11) is 3.24. The number of amides is 2. The van der Waals surface area contributed by atoms with Crippen molar-refractivity contribution >= 4 is 34.9 Å². The molecule has 0 aliphatic carbocycles. The molecular formula is C23H22Cl2N2O3. The summed E-state index contributed by atoms with van der Waals surface area (Å²) in [5, 5.41) is 3.70. The van der Waals surface area contributed by atoms with Crippen LogP contribution in [0.3, 0.4) is 0 Å². The van der Waals surface area contributed by atoms with Crippen LogP contribution in [-0.2, 0) is 13.1 Å². The highest BCUT2D eigenvalue weighted by atomic mass is 35.5. The number of carbonyl (C=O) groups is 1. The molecule has 0 aliphatic heterocycles. The lowest BCUT2D eigenvalue weighted by Crippen LogP contribution is -2.34. The minimum absolute atomic E-state index is 0.250. The number of hydrogen-bond acceptors (Lipinski definition) is 3. The van der Waals surface area contributed by atoms with E-state index < -0.39 is 0 Å². The molecule has 0 saturated carbocycles. The zero-order chi connectivity index (χ0) is 21.5. The lowest BCUT2D eigenvalue weighted by molar-refractivity contribution is 0.206. The van der Waals surface area contributed by atoms with Crippen LogP contribution in [0.25, 0.3) is 0 Å². The first-order valence-corrected chi connectivity index (χ1v) is 10.0. The molecule has 0 aliphatic rings. The number of hydrogen-bond donors (Lipinski definition) is 1. The van der Waals surface area contributed by atoms with Crippen LogP contribution < -0.4 is 14.8 Å². The first kappa shape index (κ1) is 21.8. The third-order valence-electron chi connectivity index (χ3n) is 4.52. The molecule has 2 amide bonds. The lowest BCUT2D eigenvalue weighted by atomic mass is 10.1. The van der Waals surface area contributed by atoms with Crippen molar-refractivity contribution in [1.29, 1.82) is 0 Å². The van der Waals surface area contributed by atoms with E-state index in [1.807, 2.05) is 48.5 Å². The predicted octanol–water partition coefficient (Wildman–Crippen LogP) is 6.24. The molecule has 0 fully saturated rings. The topological polar surface area (TPSA) is 50.8 Å². The summed E-state index contributed by atoms with van der Waals surface area (Å²) in [6.07, 6.45) is 0. The summed E-state index contributed by atoms with van der Waals surface area (Å²) in [5.74, 6) is 1.53. The van der Waals surface area contributed by atoms with Gasteiger partial charge in [0, 0.05) is 18.8 Å². The van der Waals surface area contributed by atoms with Crippen molar-refractivity contribution in [3.63, 3.8) is 0 Å². The highest BCUT2D eigenvalue weighted by Gasteiger charge is 2.16. The monoisotopic (exact) mass is 444 g/mol. The third-order valence-corrected chi connectivity index (χ3v) is 5.26. The lowest BCUT2D eigenvalue weighted by Gasteiger charge is -2.24. The summed E-state index contributed by atoms with van der Waals surface area (Å²) >= 11 is 12.0. The van der Waals surface area contributed by atoms with E-state index in [2.05, 4.69) is 5.32 Å². The van der Waals surface area contributed by atoms with E-state index in [1.165, 1.54) is 0 Å². The molecule has 0 radical (unpaired) electrons. The van der Waals surface area contributed by atoms with Crippen molar-refractivity contribution in [2.24, 2.45) is 0 Å². The van der Waals surface area contributed by atoms with Gasteiger partial charge in [-0.1, -0.05) is 47.5 Å². The summed E-state index contributed by atoms with van der Waals surface area (Å²) in [5.41, 5.74) is 2.53. The Morgan fingerprint density at radius 3 is 1.73 bits per heavy atom. The molecule has 0 bridgehead atoms. The SMILES string of the molecule is COc1ccc(CN(Cc2ccc(OC)cc2)C(=O)Nc2ccc(Cl)c(Cl)c2)cc1. The van der Waals surface area contributed by atoms with Gasteiger partial charge in [-0.2, -0.15) is 0 Å². The van der Waals surface area contributed by atoms with Gasteiger partial charge in [0.1, 0.15) is 11.5 Å². The first-order chi connectivity index (χ1) is 14.5. The molecule has 0 unspecified atom stereocenters. The molecule has 30 heavy (non-hydrogen) atoms. The van der Waals surface area contributed by atoms with Crippen LogP contribution in [0.15, 0.2) is 66.7 Å². The van der Waals surface area contributed by atoms with Crippen molar-refractivity contribution in [2.45, 2.75) is 13.1 Å². The van der Waals surface area contributed by atoms with Gasteiger partial charge in [-0.15, -0.1) is 0 Å². The maximum absolute atomic E-state index is 13.1. The highest BCUT2D eigenvalue weighted by Crippen LogP contribution is 2.25. The molecule has 0 aromatic heterocycles. The van der Waals surface area contributed by atoms with Crippen molar-refractivity contribution < 1.29 is 14.3 Å². The number of ether oxygens (including phenoxy) is 2. The number of benzene rings is 3. The Bertz CT molecular complexity index is 943. The van der Waals surface area contributed by atoms with E-state index in [9.17, 15) is 4.79 Å². The van der Waals surface area contributed by atoms with Gasteiger partial charge in [0.2, 0.25) is 0 Å². The highest BCUT2D eigenvalue weighted by molar-refractivity contribution is 6.42. The van der Waals surface area contributed by atoms with Gasteiger partial charge in [0.15, 0.2) is 0 Å². The molecule has 5 nitrogen and oxygen atoms in total. The smallest absolute Gasteiger partial charge is 0.322 e. The summed E-state index contributed by atoms with van der Waals surface area (Å²) in [4.78, 5) is 14.8. The number of methoxy groups -OCH3 is 2. The summed E-state index contributed by atoms with van der Waals surface area (Å²) < 4.78 is 10.4. The zero-order valence-electron chi connectivity index (χ0n) is 16.7. The number of nitrogens with one attached hydrogen (secondary N) is 1. The van der Waals surface area contributed by atoms with Crippen LogP contribution in [0.1, 0.15) is 11.1 Å². The van der Waals surface area contributed by atoms with Gasteiger partial charge < -0.3 is 19.7 Å². The van der Waals surface area contributed by atoms with E-state index in [4.69, 9.17) is 32.7 Å². The van der Waals surface area contributed by atoms with Gasteiger partial charge in [-0.25, -0.2) is 4.79 Å². The van der Waals surface area contributed by atoms with Gasteiger partial charge in [-0.05, 0) is 53.6 Å². The fraction of sp³-hybridized carbons (Fsp3) is 0.174. The molecule has 0 saturated heterocycles. The molecule has 3 aromatic rings. The van der Waals surface area contributed by atoms with Crippen LogP contribution in [-0.4, -0.2) is 25.2 Å². The molecule has 0 atom stereocenters. The van der Waals surface area contributed by atoms with Crippen molar-refractivity contribution in [1.82, 2.24) is 4.90 Å². The van der Waals surface area contributed by atoms with Gasteiger partial charge in [0.25, 0.3) is 0 Å². The average molecular weight is 445 g/mol. The molecule has 0 heterocycles. The number of nitrogens with zero attached hydrogens (tertiary/aromatic N) is 1. The van der Waals surface area contributed by atoms with Gasteiger partial charge in [-0.3, -0.25) is 0 Å².